The van der Waals surface area contributed by atoms with E-state index in [1.807, 2.05) is 0 Å². The third-order valence-corrected chi connectivity index (χ3v) is 9.36. The Morgan fingerprint density at radius 2 is 1.57 bits per heavy atom. The molecule has 4 rings (SSSR count). The summed E-state index contributed by atoms with van der Waals surface area (Å²) in [4.78, 5) is 130. The predicted octanol–water partition coefficient (Wildman–Crippen LogP) is -0.251. The average Bonchev–Trinajstić information content (AvgIpc) is 3.09. The second-order valence-corrected chi connectivity index (χ2v) is 14.4. The molecule has 3 aliphatic rings. The monoisotopic (exact) mass is 806 g/mol. The van der Waals surface area contributed by atoms with E-state index in [1.54, 1.807) is 27.7 Å². The molecule has 7 amide bonds. The van der Waals surface area contributed by atoms with Crippen molar-refractivity contribution in [3.8, 4) is 11.5 Å². The number of nitrogens with one attached hydrogen (secondary N) is 3. The summed E-state index contributed by atoms with van der Waals surface area (Å²) >= 11 is 1.02. The van der Waals surface area contributed by atoms with Crippen molar-refractivity contribution in [2.45, 2.75) is 77.8 Å². The Kier molecular flexibility index (Phi) is 13.1. The van der Waals surface area contributed by atoms with Gasteiger partial charge in [-0.2, -0.15) is 0 Å². The first-order valence-electron chi connectivity index (χ1n) is 16.9. The Labute approximate surface area is 322 Å². The first kappa shape index (κ1) is 42.7. The Hall–Kier alpha value is -6.06. The Morgan fingerprint density at radius 1 is 0.946 bits per heavy atom. The number of likely N-dealkylation sites (N-methyl/N-ethyl adjacent to an activating group) is 1. The van der Waals surface area contributed by atoms with Gasteiger partial charge in [-0.15, -0.1) is 11.8 Å². The van der Waals surface area contributed by atoms with Crippen LogP contribution in [0.5, 0.6) is 11.5 Å². The molecule has 0 spiro atoms. The lowest BCUT2D eigenvalue weighted by Gasteiger charge is -2.50. The van der Waals surface area contributed by atoms with E-state index in [2.05, 4.69) is 16.0 Å². The fourth-order valence-corrected chi connectivity index (χ4v) is 7.10. The van der Waals surface area contributed by atoms with Crippen LogP contribution in [0, 0.1) is 5.82 Å². The van der Waals surface area contributed by atoms with E-state index in [0.29, 0.717) is 17.4 Å². The van der Waals surface area contributed by atoms with Gasteiger partial charge in [-0.1, -0.05) is 0 Å². The molecule has 0 radical (unpaired) electrons. The zero-order valence-corrected chi connectivity index (χ0v) is 32.0. The SMILES string of the molecule is CCN1CCN(C(=O)NC(C(=O)NC(OC(C)=O)C2=C(C(=O)OC(C)(C)C)N3C(=O)[C@@H](NC=O)[C@H]3SC2)c2cc(OC(C)=O)c(OC(C)=O)cc2F)C(=O)C1=O. The summed E-state index contributed by atoms with van der Waals surface area (Å²) < 4.78 is 37.0. The molecule has 0 bridgehead atoms. The van der Waals surface area contributed by atoms with Gasteiger partial charge in [0.1, 0.15) is 34.6 Å². The number of thioether (sulfide) groups is 1. The van der Waals surface area contributed by atoms with Crippen molar-refractivity contribution in [3.05, 3.63) is 34.8 Å². The first-order chi connectivity index (χ1) is 26.2. The molecule has 3 heterocycles. The third-order valence-electron chi connectivity index (χ3n) is 8.06. The highest BCUT2D eigenvalue weighted by atomic mass is 32.2. The molecule has 20 nitrogen and oxygen atoms in total. The molecule has 0 aromatic heterocycles. The van der Waals surface area contributed by atoms with Crippen LogP contribution in [-0.4, -0.2) is 123 Å². The number of urea groups is 1. The number of ether oxygens (including phenoxy) is 4. The molecule has 1 aromatic carbocycles. The van der Waals surface area contributed by atoms with Crippen molar-refractivity contribution in [1.82, 2.24) is 30.7 Å². The molecular weight excluding hydrogens is 767 g/mol. The topological polar surface area (TPSA) is 253 Å². The number of benzene rings is 1. The maximum absolute atomic E-state index is 16.0. The number of hydrogen-bond donors (Lipinski definition) is 3. The molecule has 56 heavy (non-hydrogen) atoms. The zero-order valence-electron chi connectivity index (χ0n) is 31.2. The lowest BCUT2D eigenvalue weighted by molar-refractivity contribution is -0.159. The number of rotatable bonds is 12. The highest BCUT2D eigenvalue weighted by Crippen LogP contribution is 2.42. The number of amides is 7. The van der Waals surface area contributed by atoms with Crippen LogP contribution in [0.3, 0.4) is 0 Å². The molecule has 2 unspecified atom stereocenters. The smallest absolute Gasteiger partial charge is 0.355 e. The van der Waals surface area contributed by atoms with Crippen LogP contribution in [0.4, 0.5) is 9.18 Å². The van der Waals surface area contributed by atoms with Gasteiger partial charge in [-0.3, -0.25) is 48.2 Å². The predicted molar refractivity (Wildman–Crippen MR) is 187 cm³/mol. The van der Waals surface area contributed by atoms with Crippen LogP contribution in [-0.2, 0) is 52.6 Å². The largest absolute Gasteiger partial charge is 0.455 e. The van der Waals surface area contributed by atoms with Crippen molar-refractivity contribution in [2.24, 2.45) is 0 Å². The number of piperazine rings is 1. The molecule has 0 saturated carbocycles. The van der Waals surface area contributed by atoms with E-state index >= 15 is 4.39 Å². The number of β-lactam (4-membered cyclic amide) rings is 1. The van der Waals surface area contributed by atoms with Crippen LogP contribution in [0.1, 0.15) is 60.1 Å². The molecule has 3 aliphatic heterocycles. The van der Waals surface area contributed by atoms with Crippen LogP contribution in [0.2, 0.25) is 0 Å². The highest BCUT2D eigenvalue weighted by Gasteiger charge is 2.55. The summed E-state index contributed by atoms with van der Waals surface area (Å²) in [6.45, 7) is 8.90. The summed E-state index contributed by atoms with van der Waals surface area (Å²) in [6.07, 6.45) is -1.60. The standard InChI is InChI=1S/C34H39FN6O14S/c1-8-39-9-10-40(30(49)29(39)48)33(51)37-23(18-11-21(52-15(2)43)22(12-20(18)35)53-16(3)44)26(46)38-27(54-17(4)45)19-13-56-31-24(36-14-42)28(47)41(31)25(19)32(50)55-34(5,6)7/h11-12,14,23-24,27,31H,8-10,13H2,1-7H3,(H,36,42)(H,37,51)(H,38,46)/t23?,24-,27?,31-/m1/s1. The molecule has 22 heteroatoms. The van der Waals surface area contributed by atoms with Crippen molar-refractivity contribution in [1.29, 1.82) is 0 Å². The maximum Gasteiger partial charge on any atom is 0.355 e. The number of carbonyl (C=O) groups excluding carboxylic acids is 10. The van der Waals surface area contributed by atoms with Gasteiger partial charge in [0.05, 0.1) is 0 Å². The zero-order chi connectivity index (χ0) is 41.8. The molecule has 1 aromatic rings. The lowest BCUT2D eigenvalue weighted by Crippen LogP contribution is -2.70. The van der Waals surface area contributed by atoms with E-state index < -0.39 is 111 Å². The number of imide groups is 1. The van der Waals surface area contributed by atoms with E-state index in [9.17, 15) is 47.9 Å². The van der Waals surface area contributed by atoms with Gasteiger partial charge in [0.15, 0.2) is 11.5 Å². The minimum atomic E-state index is -2.20. The summed E-state index contributed by atoms with van der Waals surface area (Å²) in [5.41, 5.74) is -2.47. The van der Waals surface area contributed by atoms with E-state index in [1.165, 1.54) is 4.90 Å². The number of nitrogens with zero attached hydrogens (tertiary/aromatic N) is 3. The van der Waals surface area contributed by atoms with E-state index in [-0.39, 0.29) is 31.0 Å². The lowest BCUT2D eigenvalue weighted by atomic mass is 10.0. The third kappa shape index (κ3) is 9.41. The number of halogens is 1. The Bertz CT molecular complexity index is 1910. The maximum atomic E-state index is 16.0. The van der Waals surface area contributed by atoms with Gasteiger partial charge < -0.3 is 39.8 Å². The van der Waals surface area contributed by atoms with Crippen LogP contribution in [0.25, 0.3) is 0 Å². The van der Waals surface area contributed by atoms with Gasteiger partial charge in [0.25, 0.3) is 5.91 Å². The molecule has 4 atom stereocenters. The van der Waals surface area contributed by atoms with Crippen molar-refractivity contribution < 1.29 is 71.3 Å². The van der Waals surface area contributed by atoms with Gasteiger partial charge >= 0.3 is 41.7 Å². The molecule has 2 fully saturated rings. The quantitative estimate of drug-likeness (QED) is 0.0615. The second kappa shape index (κ2) is 17.2. The average molecular weight is 807 g/mol. The Balaban J connectivity index is 1.84. The first-order valence-corrected chi connectivity index (χ1v) is 17.9. The molecule has 2 saturated heterocycles. The second-order valence-electron chi connectivity index (χ2n) is 13.3. The normalized spacial score (nSPS) is 19.1. The Morgan fingerprint density at radius 3 is 2.12 bits per heavy atom. The summed E-state index contributed by atoms with van der Waals surface area (Å²) in [5, 5.41) is 6.07. The van der Waals surface area contributed by atoms with E-state index in [0.717, 1.165) is 43.5 Å². The minimum Gasteiger partial charge on any atom is -0.455 e. The molecule has 302 valence electrons. The number of fused-ring (bicyclic) bond motifs is 1. The summed E-state index contributed by atoms with van der Waals surface area (Å²) in [6, 6.07) is -3.23. The summed E-state index contributed by atoms with van der Waals surface area (Å²) in [7, 11) is 0. The van der Waals surface area contributed by atoms with Crippen LogP contribution >= 0.6 is 11.8 Å². The minimum absolute atomic E-state index is 0.0688. The highest BCUT2D eigenvalue weighted by molar-refractivity contribution is 8.00. The van der Waals surface area contributed by atoms with Crippen molar-refractivity contribution in [3.63, 3.8) is 0 Å². The number of esters is 4. The van der Waals surface area contributed by atoms with Gasteiger partial charge in [0, 0.05) is 63.4 Å². The van der Waals surface area contributed by atoms with E-state index in [4.69, 9.17) is 18.9 Å². The summed E-state index contributed by atoms with van der Waals surface area (Å²) in [5.74, 6) is -11.1. The fourth-order valence-electron chi connectivity index (χ4n) is 5.72. The van der Waals surface area contributed by atoms with Crippen LogP contribution in [0.15, 0.2) is 23.4 Å². The number of carbonyl (C=O) groups is 10. The van der Waals surface area contributed by atoms with Gasteiger partial charge in [-0.05, 0) is 33.8 Å². The number of hydrogen-bond acceptors (Lipinski definition) is 15. The molecule has 0 aliphatic carbocycles. The molecule has 3 N–H and O–H groups in total. The van der Waals surface area contributed by atoms with Crippen molar-refractivity contribution >= 4 is 71.7 Å². The molecular formula is C34H39FN6O14S. The van der Waals surface area contributed by atoms with Crippen LogP contribution < -0.4 is 25.4 Å². The fraction of sp³-hybridized carbons (Fsp3) is 0.471. The van der Waals surface area contributed by atoms with Crippen molar-refractivity contribution in [2.75, 3.05) is 25.4 Å². The van der Waals surface area contributed by atoms with Gasteiger partial charge in [-0.25, -0.2) is 14.0 Å². The van der Waals surface area contributed by atoms with Gasteiger partial charge in [0.2, 0.25) is 18.5 Å².